The van der Waals surface area contributed by atoms with Crippen molar-refractivity contribution in [1.29, 1.82) is 0 Å². The predicted molar refractivity (Wildman–Crippen MR) is 74.0 cm³/mol. The maximum absolute atomic E-state index is 9.98. The van der Waals surface area contributed by atoms with E-state index in [1.165, 1.54) is 0 Å². The van der Waals surface area contributed by atoms with Crippen LogP contribution in [0.5, 0.6) is 0 Å². The van der Waals surface area contributed by atoms with Gasteiger partial charge in [-0.3, -0.25) is 0 Å². The summed E-state index contributed by atoms with van der Waals surface area (Å²) in [6.45, 7) is 2.20. The first-order valence-corrected chi connectivity index (χ1v) is 7.43. The van der Waals surface area contributed by atoms with E-state index in [1.807, 2.05) is 0 Å². The fourth-order valence-corrected chi connectivity index (χ4v) is 3.38. The molecule has 4 nitrogen and oxygen atoms in total. The second-order valence-corrected chi connectivity index (χ2v) is 5.61. The van der Waals surface area contributed by atoms with Crippen LogP contribution in [0, 0.1) is 11.8 Å². The summed E-state index contributed by atoms with van der Waals surface area (Å²) in [6, 6.07) is 0. The van der Waals surface area contributed by atoms with Crippen LogP contribution < -0.4 is 0 Å². The Hall–Kier alpha value is 0.270. The van der Waals surface area contributed by atoms with Gasteiger partial charge in [-0.25, -0.2) is 0 Å². The van der Waals surface area contributed by atoms with Gasteiger partial charge >= 0.3 is 0 Å². The molecule has 1 fully saturated rings. The van der Waals surface area contributed by atoms with Gasteiger partial charge in [0.1, 0.15) is 0 Å². The van der Waals surface area contributed by atoms with Crippen molar-refractivity contribution in [3.8, 4) is 0 Å². The van der Waals surface area contributed by atoms with Crippen LogP contribution in [0.4, 0.5) is 0 Å². The van der Waals surface area contributed by atoms with Gasteiger partial charge in [0.25, 0.3) is 0 Å². The second-order valence-electron chi connectivity index (χ2n) is 5.33. The third kappa shape index (κ3) is 4.43. The fourth-order valence-electron chi connectivity index (χ4n) is 3.11. The highest BCUT2D eigenvalue weighted by molar-refractivity contribution is 7.09. The van der Waals surface area contributed by atoms with Gasteiger partial charge in [-0.1, -0.05) is 13.3 Å². The van der Waals surface area contributed by atoms with Gasteiger partial charge in [-0.15, -0.1) is 0 Å². The van der Waals surface area contributed by atoms with Crippen LogP contribution in [0.2, 0.25) is 0 Å². The molecule has 3 N–H and O–H groups in total. The first kappa shape index (κ1) is 16.3. The van der Waals surface area contributed by atoms with Crippen molar-refractivity contribution < 1.29 is 19.8 Å². The Balaban J connectivity index is 2.47. The molecule has 1 saturated carbocycles. The van der Waals surface area contributed by atoms with E-state index in [1.54, 1.807) is 0 Å². The van der Waals surface area contributed by atoms with Crippen molar-refractivity contribution in [2.45, 2.75) is 63.8 Å². The molecule has 108 valence electrons. The lowest BCUT2D eigenvalue weighted by molar-refractivity contribution is 0.0794. The number of rotatable bonds is 8. The first-order valence-electron chi connectivity index (χ1n) is 6.96. The Bertz CT molecular complexity index is 227. The molecular formula is C13H27O4P. The van der Waals surface area contributed by atoms with Gasteiger partial charge in [-0.05, 0) is 43.9 Å². The summed E-state index contributed by atoms with van der Waals surface area (Å²) in [7, 11) is 2.31. The average molecular weight is 278 g/mol. The van der Waals surface area contributed by atoms with Crippen LogP contribution in [-0.4, -0.2) is 40.2 Å². The molecule has 0 aromatic carbocycles. The van der Waals surface area contributed by atoms with Gasteiger partial charge in [0, 0.05) is 16.1 Å². The summed E-state index contributed by atoms with van der Waals surface area (Å²) in [4.78, 5) is 0. The summed E-state index contributed by atoms with van der Waals surface area (Å²) in [6.07, 6.45) is 4.14. The molecule has 0 aliphatic heterocycles. The minimum Gasteiger partial charge on any atom is -0.396 e. The normalized spacial score (nSPS) is 33.8. The summed E-state index contributed by atoms with van der Waals surface area (Å²) in [5, 5.41) is 28.9. The van der Waals surface area contributed by atoms with Crippen molar-refractivity contribution in [3.63, 3.8) is 0 Å². The van der Waals surface area contributed by atoms with Crippen molar-refractivity contribution in [2.24, 2.45) is 11.8 Å². The largest absolute Gasteiger partial charge is 0.396 e. The van der Waals surface area contributed by atoms with Crippen LogP contribution in [0.3, 0.4) is 0 Å². The maximum Gasteiger partial charge on any atom is 0.0610 e. The molecule has 0 spiro atoms. The van der Waals surface area contributed by atoms with Gasteiger partial charge < -0.3 is 19.8 Å². The number of aliphatic hydroxyl groups is 3. The zero-order valence-corrected chi connectivity index (χ0v) is 12.3. The molecule has 0 bridgehead atoms. The van der Waals surface area contributed by atoms with E-state index in [0.717, 1.165) is 25.7 Å². The van der Waals surface area contributed by atoms with E-state index in [4.69, 9.17) is 9.63 Å². The number of hydrogen-bond donors (Lipinski definition) is 3. The van der Waals surface area contributed by atoms with E-state index < -0.39 is 12.2 Å². The zero-order valence-electron chi connectivity index (χ0n) is 11.2. The molecule has 1 rings (SSSR count). The molecule has 1 unspecified atom stereocenters. The minimum atomic E-state index is -0.473. The molecule has 1 aliphatic carbocycles. The SMILES string of the molecule is CCC[C@H](CC[C@@H]1[C@@H](CCO)[C@@H](O)C[C@H]1O)OP. The van der Waals surface area contributed by atoms with Gasteiger partial charge in [-0.2, -0.15) is 0 Å². The lowest BCUT2D eigenvalue weighted by Gasteiger charge is -2.24. The molecule has 0 radical (unpaired) electrons. The van der Waals surface area contributed by atoms with E-state index in [-0.39, 0.29) is 24.5 Å². The highest BCUT2D eigenvalue weighted by Crippen LogP contribution is 2.38. The molecule has 0 heterocycles. The van der Waals surface area contributed by atoms with Crippen molar-refractivity contribution in [3.05, 3.63) is 0 Å². The Kier molecular flexibility index (Phi) is 7.66. The molecule has 0 amide bonds. The van der Waals surface area contributed by atoms with E-state index >= 15 is 0 Å². The average Bonchev–Trinajstić information content (AvgIpc) is 2.61. The molecule has 18 heavy (non-hydrogen) atoms. The summed E-state index contributed by atoms with van der Waals surface area (Å²) in [5.41, 5.74) is 0. The minimum absolute atomic E-state index is 0.0248. The van der Waals surface area contributed by atoms with Gasteiger partial charge in [0.15, 0.2) is 0 Å². The monoisotopic (exact) mass is 278 g/mol. The van der Waals surface area contributed by atoms with Crippen LogP contribution >= 0.6 is 9.47 Å². The molecule has 0 saturated heterocycles. The quantitative estimate of drug-likeness (QED) is 0.588. The lowest BCUT2D eigenvalue weighted by Crippen LogP contribution is -2.24. The van der Waals surface area contributed by atoms with E-state index in [0.29, 0.717) is 12.8 Å². The van der Waals surface area contributed by atoms with Gasteiger partial charge in [0.2, 0.25) is 0 Å². The van der Waals surface area contributed by atoms with E-state index in [2.05, 4.69) is 16.4 Å². The Morgan fingerprint density at radius 3 is 2.28 bits per heavy atom. The van der Waals surface area contributed by atoms with Gasteiger partial charge in [0.05, 0.1) is 18.3 Å². The first-order chi connectivity index (χ1) is 8.63. The highest BCUT2D eigenvalue weighted by Gasteiger charge is 2.40. The molecule has 5 heteroatoms. The number of aliphatic hydroxyl groups excluding tert-OH is 3. The zero-order chi connectivity index (χ0) is 13.5. The summed E-state index contributed by atoms with van der Waals surface area (Å²) < 4.78 is 5.33. The molecule has 0 aromatic rings. The van der Waals surface area contributed by atoms with Crippen LogP contribution in [0.25, 0.3) is 0 Å². The third-order valence-corrected chi connectivity index (χ3v) is 4.49. The smallest absolute Gasteiger partial charge is 0.0610 e. The topological polar surface area (TPSA) is 69.9 Å². The van der Waals surface area contributed by atoms with Crippen LogP contribution in [0.15, 0.2) is 0 Å². The van der Waals surface area contributed by atoms with Crippen molar-refractivity contribution in [2.75, 3.05) is 6.61 Å². The van der Waals surface area contributed by atoms with Crippen LogP contribution in [0.1, 0.15) is 45.4 Å². The lowest BCUT2D eigenvalue weighted by atomic mass is 9.86. The standard InChI is InChI=1S/C13H27O4P/c1-2-3-9(17-18)4-5-10-11(6-7-14)13(16)8-12(10)15/h9-16H,2-8,18H2,1H3/t9-,10-,11-,12-,13+/m1/s1. The Labute approximate surface area is 112 Å². The number of hydrogen-bond acceptors (Lipinski definition) is 4. The Morgan fingerprint density at radius 2 is 1.78 bits per heavy atom. The summed E-state index contributed by atoms with van der Waals surface area (Å²) >= 11 is 0. The highest BCUT2D eigenvalue weighted by atomic mass is 31.0. The third-order valence-electron chi connectivity index (χ3n) is 4.11. The Morgan fingerprint density at radius 1 is 1.17 bits per heavy atom. The van der Waals surface area contributed by atoms with Crippen molar-refractivity contribution in [1.82, 2.24) is 0 Å². The van der Waals surface area contributed by atoms with Crippen LogP contribution in [-0.2, 0) is 4.52 Å². The molecule has 0 aromatic heterocycles. The predicted octanol–water partition coefficient (Wildman–Crippen LogP) is 1.48. The second kappa shape index (κ2) is 8.44. The molecular weight excluding hydrogens is 251 g/mol. The molecule has 6 atom stereocenters. The maximum atomic E-state index is 9.98. The summed E-state index contributed by atoms with van der Waals surface area (Å²) in [5.74, 6) is 0.114. The molecule has 1 aliphatic rings. The van der Waals surface area contributed by atoms with E-state index in [9.17, 15) is 10.2 Å². The van der Waals surface area contributed by atoms with Crippen molar-refractivity contribution >= 4 is 9.47 Å². The fraction of sp³-hybridized carbons (Fsp3) is 1.00.